The molecule has 224 valence electrons. The van der Waals surface area contributed by atoms with Gasteiger partial charge in [0.05, 0.1) is 30.0 Å². The topological polar surface area (TPSA) is 120 Å². The molecule has 2 unspecified atom stereocenters. The van der Waals surface area contributed by atoms with Gasteiger partial charge in [0.2, 0.25) is 0 Å². The zero-order chi connectivity index (χ0) is 29.7. The van der Waals surface area contributed by atoms with Crippen LogP contribution in [0.25, 0.3) is 22.3 Å². The Morgan fingerprint density at radius 2 is 1.81 bits per heavy atom. The molecule has 0 amide bonds. The van der Waals surface area contributed by atoms with Gasteiger partial charge in [0.15, 0.2) is 0 Å². The van der Waals surface area contributed by atoms with Crippen molar-refractivity contribution in [3.05, 3.63) is 65.5 Å². The van der Waals surface area contributed by atoms with Crippen LogP contribution < -0.4 is 10.1 Å². The average Bonchev–Trinajstić information content (AvgIpc) is 3.69. The van der Waals surface area contributed by atoms with Crippen molar-refractivity contribution in [2.75, 3.05) is 5.32 Å². The molecule has 9 nitrogen and oxygen atoms in total. The van der Waals surface area contributed by atoms with Crippen LogP contribution in [0.4, 0.5) is 19.0 Å². The SMILES string of the molecule is O=C(O)c1cccc2nc(NC3C4CCC3CC(OCc3c(-c5ccccc5OC(F)(F)F)noc3C3CC3)C4)cnc12. The lowest BCUT2D eigenvalue weighted by molar-refractivity contribution is -0.274. The van der Waals surface area contributed by atoms with Gasteiger partial charge in [-0.3, -0.25) is 0 Å². The first kappa shape index (κ1) is 27.6. The van der Waals surface area contributed by atoms with Gasteiger partial charge in [0.1, 0.15) is 28.5 Å². The molecule has 3 aliphatic rings. The smallest absolute Gasteiger partial charge is 0.478 e. The number of ether oxygens (including phenoxy) is 2. The number of nitrogens with one attached hydrogen (secondary N) is 1. The van der Waals surface area contributed by atoms with Gasteiger partial charge in [0, 0.05) is 23.1 Å². The number of aromatic carboxylic acids is 1. The van der Waals surface area contributed by atoms with Crippen LogP contribution in [-0.2, 0) is 11.3 Å². The first-order valence-corrected chi connectivity index (χ1v) is 14.4. The predicted octanol–water partition coefficient (Wildman–Crippen LogP) is 6.94. The van der Waals surface area contributed by atoms with Crippen LogP contribution >= 0.6 is 0 Å². The number of halogens is 3. The Labute approximate surface area is 244 Å². The third-order valence-electron chi connectivity index (χ3n) is 8.77. The third kappa shape index (κ3) is 5.63. The van der Waals surface area contributed by atoms with Gasteiger partial charge in [-0.05, 0) is 74.6 Å². The number of hydrogen-bond acceptors (Lipinski definition) is 8. The molecule has 0 saturated heterocycles. The van der Waals surface area contributed by atoms with E-state index in [1.165, 1.54) is 18.2 Å². The van der Waals surface area contributed by atoms with Gasteiger partial charge in [0.25, 0.3) is 0 Å². The van der Waals surface area contributed by atoms with Crippen LogP contribution in [0.15, 0.2) is 53.2 Å². The van der Waals surface area contributed by atoms with Crippen molar-refractivity contribution in [3.8, 4) is 17.0 Å². The summed E-state index contributed by atoms with van der Waals surface area (Å²) in [5, 5.41) is 17.2. The molecule has 2 N–H and O–H groups in total. The van der Waals surface area contributed by atoms with Crippen LogP contribution in [0.5, 0.6) is 5.75 Å². The summed E-state index contributed by atoms with van der Waals surface area (Å²) in [6.07, 6.45) is 2.35. The molecule has 3 saturated carbocycles. The van der Waals surface area contributed by atoms with Gasteiger partial charge < -0.3 is 24.4 Å². The van der Waals surface area contributed by atoms with E-state index in [0.717, 1.165) is 38.5 Å². The van der Waals surface area contributed by atoms with Crippen LogP contribution in [0.3, 0.4) is 0 Å². The highest BCUT2D eigenvalue weighted by atomic mass is 19.4. The van der Waals surface area contributed by atoms with E-state index >= 15 is 0 Å². The Hall–Kier alpha value is -4.19. The number of benzene rings is 2. The van der Waals surface area contributed by atoms with E-state index in [-0.39, 0.29) is 41.5 Å². The Morgan fingerprint density at radius 3 is 2.53 bits per heavy atom. The summed E-state index contributed by atoms with van der Waals surface area (Å²) in [5.41, 5.74) is 2.21. The Balaban J connectivity index is 1.06. The number of alkyl halides is 3. The molecule has 12 heteroatoms. The maximum absolute atomic E-state index is 13.1. The molecule has 0 spiro atoms. The van der Waals surface area contributed by atoms with Crippen molar-refractivity contribution >= 4 is 22.8 Å². The second-order valence-electron chi connectivity index (χ2n) is 11.6. The molecular weight excluding hydrogens is 565 g/mol. The Bertz CT molecular complexity index is 1660. The summed E-state index contributed by atoms with van der Waals surface area (Å²) in [6, 6.07) is 11.1. The number of carbonyl (C=O) groups is 1. The predicted molar refractivity (Wildman–Crippen MR) is 149 cm³/mol. The summed E-state index contributed by atoms with van der Waals surface area (Å²) < 4.78 is 55.7. The van der Waals surface area contributed by atoms with Crippen molar-refractivity contribution in [2.45, 2.75) is 69.6 Å². The van der Waals surface area contributed by atoms with Crippen molar-refractivity contribution in [2.24, 2.45) is 11.8 Å². The molecule has 3 fully saturated rings. The van der Waals surface area contributed by atoms with E-state index in [1.807, 2.05) is 0 Å². The molecule has 43 heavy (non-hydrogen) atoms. The number of para-hydroxylation sites is 2. The van der Waals surface area contributed by atoms with E-state index in [0.29, 0.717) is 45.7 Å². The van der Waals surface area contributed by atoms with Gasteiger partial charge in [-0.25, -0.2) is 14.8 Å². The lowest BCUT2D eigenvalue weighted by Crippen LogP contribution is -2.39. The number of nitrogens with zero attached hydrogens (tertiary/aromatic N) is 3. The minimum Gasteiger partial charge on any atom is -0.478 e. The number of aromatic nitrogens is 3. The summed E-state index contributed by atoms with van der Waals surface area (Å²) in [7, 11) is 0. The molecule has 2 bridgehead atoms. The lowest BCUT2D eigenvalue weighted by Gasteiger charge is -2.36. The zero-order valence-electron chi connectivity index (χ0n) is 23.0. The number of carboxylic acids is 1. The van der Waals surface area contributed by atoms with Crippen molar-refractivity contribution in [3.63, 3.8) is 0 Å². The molecule has 0 radical (unpaired) electrons. The van der Waals surface area contributed by atoms with Gasteiger partial charge in [-0.15, -0.1) is 13.2 Å². The largest absolute Gasteiger partial charge is 0.573 e. The second kappa shape index (κ2) is 10.8. The maximum atomic E-state index is 13.1. The monoisotopic (exact) mass is 594 g/mol. The minimum atomic E-state index is -4.83. The lowest BCUT2D eigenvalue weighted by atomic mass is 9.82. The first-order valence-electron chi connectivity index (χ1n) is 14.4. The second-order valence-corrected chi connectivity index (χ2v) is 11.6. The highest BCUT2D eigenvalue weighted by Crippen LogP contribution is 2.47. The fraction of sp³-hybridized carbons (Fsp3) is 0.419. The summed E-state index contributed by atoms with van der Waals surface area (Å²) >= 11 is 0. The molecule has 2 aromatic heterocycles. The number of carboxylic acid groups (broad SMARTS) is 1. The van der Waals surface area contributed by atoms with Crippen LogP contribution in [0, 0.1) is 11.8 Å². The molecule has 7 rings (SSSR count). The average molecular weight is 595 g/mol. The zero-order valence-corrected chi connectivity index (χ0v) is 23.0. The maximum Gasteiger partial charge on any atom is 0.573 e. The molecule has 0 aliphatic heterocycles. The van der Waals surface area contributed by atoms with E-state index in [9.17, 15) is 23.1 Å². The molecular formula is C31H29F3N4O5. The number of hydrogen-bond donors (Lipinski definition) is 2. The Morgan fingerprint density at radius 1 is 1.05 bits per heavy atom. The first-order chi connectivity index (χ1) is 20.7. The van der Waals surface area contributed by atoms with E-state index in [4.69, 9.17) is 9.26 Å². The van der Waals surface area contributed by atoms with Crippen LogP contribution in [0.1, 0.15) is 66.1 Å². The van der Waals surface area contributed by atoms with Crippen molar-refractivity contribution in [1.29, 1.82) is 0 Å². The fourth-order valence-electron chi connectivity index (χ4n) is 6.72. The molecule has 2 atom stereocenters. The van der Waals surface area contributed by atoms with Crippen molar-refractivity contribution in [1.82, 2.24) is 15.1 Å². The standard InChI is InChI=1S/C31H29F3N4O5/c32-31(33,34)42-24-7-2-1-4-20(24)27-22(29(43-38-27)16-8-9-16)15-41-19-12-17-10-11-18(13-19)26(17)37-25-14-35-28-21(30(39)40)5-3-6-23(28)36-25/h1-7,14,16-19,26H,8-13,15H2,(H,36,37)(H,39,40). The van der Waals surface area contributed by atoms with Gasteiger partial charge >= 0.3 is 12.3 Å². The molecule has 2 aromatic carbocycles. The highest BCUT2D eigenvalue weighted by molar-refractivity contribution is 6.00. The Kier molecular flexibility index (Phi) is 6.95. The van der Waals surface area contributed by atoms with E-state index < -0.39 is 12.3 Å². The van der Waals surface area contributed by atoms with E-state index in [2.05, 4.69) is 25.2 Å². The fourth-order valence-corrected chi connectivity index (χ4v) is 6.72. The quantitative estimate of drug-likeness (QED) is 0.212. The highest BCUT2D eigenvalue weighted by Gasteiger charge is 2.44. The number of rotatable bonds is 9. The van der Waals surface area contributed by atoms with E-state index in [1.54, 1.807) is 30.5 Å². The normalized spacial score (nSPS) is 23.4. The summed E-state index contributed by atoms with van der Waals surface area (Å²) in [5.74, 6) is 0.803. The van der Waals surface area contributed by atoms with Crippen molar-refractivity contribution < 1.29 is 37.1 Å². The van der Waals surface area contributed by atoms with Crippen LogP contribution in [-0.4, -0.2) is 44.7 Å². The number of fused-ring (bicyclic) bond motifs is 3. The van der Waals surface area contributed by atoms with Crippen LogP contribution in [0.2, 0.25) is 0 Å². The minimum absolute atomic E-state index is 0.0205. The molecule has 2 heterocycles. The number of anilines is 1. The summed E-state index contributed by atoms with van der Waals surface area (Å²) in [6.45, 7) is 0.190. The van der Waals surface area contributed by atoms with Gasteiger partial charge in [-0.1, -0.05) is 23.4 Å². The molecule has 3 aliphatic carbocycles. The molecule has 4 aromatic rings. The van der Waals surface area contributed by atoms with Gasteiger partial charge in [-0.2, -0.15) is 0 Å². The third-order valence-corrected chi connectivity index (χ3v) is 8.77. The summed E-state index contributed by atoms with van der Waals surface area (Å²) in [4.78, 5) is 20.5.